The molecule has 2 heterocycles. The molecule has 1 aromatic heterocycles. The van der Waals surface area contributed by atoms with E-state index < -0.39 is 10.0 Å². The van der Waals surface area contributed by atoms with E-state index in [0.717, 1.165) is 11.1 Å². The quantitative estimate of drug-likeness (QED) is 0.681. The van der Waals surface area contributed by atoms with E-state index in [1.165, 1.54) is 10.5 Å². The number of carbonyl (C=O) groups excluding carboxylic acids is 1. The number of benzene rings is 2. The maximum atomic E-state index is 13.2. The number of anilines is 2. The van der Waals surface area contributed by atoms with Crippen molar-refractivity contribution < 1.29 is 17.9 Å². The number of rotatable bonds is 5. The molecule has 0 bridgehead atoms. The summed E-state index contributed by atoms with van der Waals surface area (Å²) in [6.07, 6.45) is 1.67. The Balaban J connectivity index is 1.61. The lowest BCUT2D eigenvalue weighted by molar-refractivity contribution is -0.115. The summed E-state index contributed by atoms with van der Waals surface area (Å²) in [5.41, 5.74) is 2.45. The summed E-state index contributed by atoms with van der Waals surface area (Å²) in [7, 11) is -3.79. The number of nitrogens with zero attached hydrogens (tertiary/aromatic N) is 2. The lowest BCUT2D eigenvalue weighted by Crippen LogP contribution is -2.38. The number of aromatic nitrogens is 1. The van der Waals surface area contributed by atoms with E-state index in [-0.39, 0.29) is 36.3 Å². The largest absolute Gasteiger partial charge is 0.474 e. The van der Waals surface area contributed by atoms with Gasteiger partial charge in [0, 0.05) is 0 Å². The molecule has 8 heteroatoms. The molecule has 3 aromatic rings. The van der Waals surface area contributed by atoms with E-state index in [9.17, 15) is 13.2 Å². The van der Waals surface area contributed by atoms with Crippen LogP contribution in [0, 0.1) is 6.92 Å². The predicted octanol–water partition coefficient (Wildman–Crippen LogP) is 3.16. The second kappa shape index (κ2) is 8.16. The highest BCUT2D eigenvalue weighted by atomic mass is 32.2. The molecule has 0 fully saturated rings. The summed E-state index contributed by atoms with van der Waals surface area (Å²) in [6, 6.07) is 17.7. The van der Waals surface area contributed by atoms with Gasteiger partial charge in [-0.25, -0.2) is 13.4 Å². The highest BCUT2D eigenvalue weighted by Gasteiger charge is 2.31. The highest BCUT2D eigenvalue weighted by Crippen LogP contribution is 2.35. The van der Waals surface area contributed by atoms with Crippen LogP contribution in [0.5, 0.6) is 5.88 Å². The van der Waals surface area contributed by atoms with E-state index in [2.05, 4.69) is 10.3 Å². The summed E-state index contributed by atoms with van der Waals surface area (Å²) in [6.45, 7) is 2.20. The van der Waals surface area contributed by atoms with Crippen LogP contribution in [-0.4, -0.2) is 32.5 Å². The third kappa shape index (κ3) is 4.13. The maximum absolute atomic E-state index is 13.2. The number of fused-ring (bicyclic) bond motifs is 1. The molecule has 1 amide bonds. The minimum Gasteiger partial charge on any atom is -0.474 e. The van der Waals surface area contributed by atoms with Crippen LogP contribution in [0.25, 0.3) is 0 Å². The second-order valence-corrected chi connectivity index (χ2v) is 8.86. The molecular weight excluding hydrogens is 402 g/mol. The molecular formula is C22H21N3O4S. The molecule has 1 aliphatic rings. The number of sulfonamides is 1. The summed E-state index contributed by atoms with van der Waals surface area (Å²) < 4.78 is 33.3. The number of carbonyl (C=O) groups is 1. The van der Waals surface area contributed by atoms with E-state index in [0.29, 0.717) is 11.4 Å². The molecule has 154 valence electrons. The van der Waals surface area contributed by atoms with Gasteiger partial charge in [-0.1, -0.05) is 42.5 Å². The Morgan fingerprint density at radius 3 is 2.70 bits per heavy atom. The fourth-order valence-corrected chi connectivity index (χ4v) is 4.83. The van der Waals surface area contributed by atoms with Crippen molar-refractivity contribution >= 4 is 27.3 Å². The molecule has 30 heavy (non-hydrogen) atoms. The van der Waals surface area contributed by atoms with Gasteiger partial charge in [-0.2, -0.15) is 0 Å². The first-order valence-electron chi connectivity index (χ1n) is 9.49. The molecule has 2 aromatic carbocycles. The van der Waals surface area contributed by atoms with Gasteiger partial charge in [0.05, 0.1) is 29.7 Å². The zero-order valence-corrected chi connectivity index (χ0v) is 17.2. The molecule has 1 aliphatic heterocycles. The van der Waals surface area contributed by atoms with Crippen molar-refractivity contribution in [3.63, 3.8) is 0 Å². The lowest BCUT2D eigenvalue weighted by atomic mass is 10.1. The SMILES string of the molecule is Cc1cccc(S(=O)(=O)N2CCOc3ncc(NC(=O)Cc4ccccc4)cc32)c1. The topological polar surface area (TPSA) is 88.6 Å². The van der Waals surface area contributed by atoms with Crippen LogP contribution in [0.3, 0.4) is 0 Å². The first-order chi connectivity index (χ1) is 14.4. The minimum atomic E-state index is -3.79. The van der Waals surface area contributed by atoms with Gasteiger partial charge < -0.3 is 10.1 Å². The Kier molecular flexibility index (Phi) is 5.41. The zero-order chi connectivity index (χ0) is 21.1. The number of aryl methyl sites for hydroxylation is 1. The van der Waals surface area contributed by atoms with Gasteiger partial charge >= 0.3 is 0 Å². The fourth-order valence-electron chi connectivity index (χ4n) is 3.28. The van der Waals surface area contributed by atoms with Crippen molar-refractivity contribution in [2.24, 2.45) is 0 Å². The summed E-state index contributed by atoms with van der Waals surface area (Å²) in [4.78, 5) is 16.8. The van der Waals surface area contributed by atoms with E-state index in [1.807, 2.05) is 43.3 Å². The van der Waals surface area contributed by atoms with Crippen molar-refractivity contribution in [1.82, 2.24) is 4.98 Å². The second-order valence-electron chi connectivity index (χ2n) is 7.00. The van der Waals surface area contributed by atoms with Gasteiger partial charge in [0.15, 0.2) is 0 Å². The van der Waals surface area contributed by atoms with Crippen molar-refractivity contribution in [3.8, 4) is 5.88 Å². The Hall–Kier alpha value is -3.39. The van der Waals surface area contributed by atoms with Gasteiger partial charge in [0.1, 0.15) is 12.3 Å². The average Bonchev–Trinajstić information content (AvgIpc) is 2.74. The minimum absolute atomic E-state index is 0.159. The van der Waals surface area contributed by atoms with Crippen LogP contribution in [0.4, 0.5) is 11.4 Å². The zero-order valence-electron chi connectivity index (χ0n) is 16.4. The highest BCUT2D eigenvalue weighted by molar-refractivity contribution is 7.92. The smallest absolute Gasteiger partial charge is 0.264 e. The van der Waals surface area contributed by atoms with Crippen molar-refractivity contribution in [2.45, 2.75) is 18.2 Å². The Labute approximate surface area is 175 Å². The predicted molar refractivity (Wildman–Crippen MR) is 114 cm³/mol. The summed E-state index contributed by atoms with van der Waals surface area (Å²) in [5.74, 6) is 0.00584. The fraction of sp³-hybridized carbons (Fsp3) is 0.182. The van der Waals surface area contributed by atoms with Crippen LogP contribution in [0.1, 0.15) is 11.1 Å². The number of hydrogen-bond donors (Lipinski definition) is 1. The Morgan fingerprint density at radius 2 is 1.93 bits per heavy atom. The van der Waals surface area contributed by atoms with Crippen molar-refractivity contribution in [2.75, 3.05) is 22.8 Å². The Bertz CT molecular complexity index is 1180. The molecule has 0 saturated carbocycles. The molecule has 0 saturated heterocycles. The number of amides is 1. The number of nitrogens with one attached hydrogen (secondary N) is 1. The van der Waals surface area contributed by atoms with Gasteiger partial charge in [0.25, 0.3) is 10.0 Å². The molecule has 0 unspecified atom stereocenters. The van der Waals surface area contributed by atoms with Gasteiger partial charge in [-0.05, 0) is 36.2 Å². The standard InChI is InChI=1S/C22H21N3O4S/c1-16-6-5-9-19(12-16)30(27,28)25-10-11-29-22-20(25)14-18(15-23-22)24-21(26)13-17-7-3-2-4-8-17/h2-9,12,14-15H,10-11,13H2,1H3,(H,24,26). The molecule has 4 rings (SSSR count). The average molecular weight is 423 g/mol. The third-order valence-electron chi connectivity index (χ3n) is 4.70. The number of hydrogen-bond acceptors (Lipinski definition) is 5. The normalized spacial score (nSPS) is 13.3. The van der Waals surface area contributed by atoms with Crippen molar-refractivity contribution in [3.05, 3.63) is 78.0 Å². The summed E-state index contributed by atoms with van der Waals surface area (Å²) in [5, 5.41) is 2.78. The van der Waals surface area contributed by atoms with Gasteiger partial charge in [-0.3, -0.25) is 9.10 Å². The maximum Gasteiger partial charge on any atom is 0.264 e. The molecule has 0 aliphatic carbocycles. The first kappa shape index (κ1) is 19.9. The van der Waals surface area contributed by atoms with Crippen LogP contribution < -0.4 is 14.4 Å². The number of pyridine rings is 1. The van der Waals surface area contributed by atoms with Crippen LogP contribution in [0.2, 0.25) is 0 Å². The van der Waals surface area contributed by atoms with E-state index in [4.69, 9.17) is 4.74 Å². The molecule has 1 N–H and O–H groups in total. The molecule has 0 atom stereocenters. The van der Waals surface area contributed by atoms with Crippen LogP contribution in [-0.2, 0) is 21.2 Å². The third-order valence-corrected chi connectivity index (χ3v) is 6.51. The number of ether oxygens (including phenoxy) is 1. The first-order valence-corrected chi connectivity index (χ1v) is 10.9. The summed E-state index contributed by atoms with van der Waals surface area (Å²) >= 11 is 0. The van der Waals surface area contributed by atoms with Gasteiger partial charge in [-0.15, -0.1) is 0 Å². The molecule has 7 nitrogen and oxygen atoms in total. The molecule has 0 spiro atoms. The van der Waals surface area contributed by atoms with Crippen LogP contribution in [0.15, 0.2) is 71.8 Å². The lowest BCUT2D eigenvalue weighted by Gasteiger charge is -2.30. The van der Waals surface area contributed by atoms with Crippen molar-refractivity contribution in [1.29, 1.82) is 0 Å². The van der Waals surface area contributed by atoms with Gasteiger partial charge in [0.2, 0.25) is 11.8 Å². The monoisotopic (exact) mass is 423 g/mol. The Morgan fingerprint density at radius 1 is 1.13 bits per heavy atom. The van der Waals surface area contributed by atoms with E-state index in [1.54, 1.807) is 24.3 Å². The molecule has 0 radical (unpaired) electrons. The van der Waals surface area contributed by atoms with E-state index >= 15 is 0 Å². The van der Waals surface area contributed by atoms with Crippen LogP contribution >= 0.6 is 0 Å².